The Morgan fingerprint density at radius 2 is 2.00 bits per heavy atom. The van der Waals surface area contributed by atoms with E-state index in [1.165, 1.54) is 11.3 Å². The van der Waals surface area contributed by atoms with Crippen LogP contribution >= 0.6 is 22.9 Å². The number of hydrogen-bond donors (Lipinski definition) is 2. The minimum atomic E-state index is -0.894. The van der Waals surface area contributed by atoms with Crippen LogP contribution < -0.4 is 5.32 Å². The lowest BCUT2D eigenvalue weighted by atomic mass is 9.79. The van der Waals surface area contributed by atoms with Crippen LogP contribution in [0.2, 0.25) is 5.02 Å². The fraction of sp³-hybridized carbons (Fsp3) is 0.389. The number of amides is 1. The maximum Gasteiger partial charge on any atom is 0.307 e. The average Bonchev–Trinajstić information content (AvgIpc) is 2.95. The number of carboxylic acids is 1. The zero-order valence-electron chi connectivity index (χ0n) is 13.8. The second-order valence-corrected chi connectivity index (χ2v) is 7.90. The van der Waals surface area contributed by atoms with E-state index in [-0.39, 0.29) is 5.91 Å². The highest BCUT2D eigenvalue weighted by Gasteiger charge is 2.36. The number of carbonyl (C=O) groups is 2. The Kier molecular flexibility index (Phi) is 5.39. The van der Waals surface area contributed by atoms with Crippen LogP contribution in [0.5, 0.6) is 0 Å². The molecule has 0 bridgehead atoms. The maximum absolute atomic E-state index is 12.6. The Bertz CT molecular complexity index is 805. The van der Waals surface area contributed by atoms with Crippen molar-refractivity contribution in [3.63, 3.8) is 0 Å². The van der Waals surface area contributed by atoms with Gasteiger partial charge in [0.2, 0.25) is 5.91 Å². The molecule has 2 atom stereocenters. The molecule has 1 fully saturated rings. The summed E-state index contributed by atoms with van der Waals surface area (Å²) in [4.78, 5) is 29.4. The summed E-state index contributed by atoms with van der Waals surface area (Å²) in [7, 11) is 0. The van der Waals surface area contributed by atoms with Gasteiger partial charge in [0.25, 0.3) is 0 Å². The molecule has 2 unspecified atom stereocenters. The Labute approximate surface area is 155 Å². The second-order valence-electron chi connectivity index (χ2n) is 6.26. The predicted octanol–water partition coefficient (Wildman–Crippen LogP) is 4.60. The maximum atomic E-state index is 12.6. The molecule has 1 aliphatic carbocycles. The standard InChI is InChI=1S/C18H19ClN2O3S/c1-10-15(11-5-4-6-12(19)9-11)20-18(25-10)21-16(22)13-7-2-3-8-14(13)17(23)24/h4-6,9,13-14H,2-3,7-8H2,1H3,(H,23,24)(H,20,21,22). The molecule has 0 saturated heterocycles. The van der Waals surface area contributed by atoms with Crippen LogP contribution in [0.15, 0.2) is 24.3 Å². The number of anilines is 1. The lowest BCUT2D eigenvalue weighted by molar-refractivity contribution is -0.147. The molecule has 5 nitrogen and oxygen atoms in total. The predicted molar refractivity (Wildman–Crippen MR) is 99.0 cm³/mol. The van der Waals surface area contributed by atoms with E-state index in [1.54, 1.807) is 6.07 Å². The summed E-state index contributed by atoms with van der Waals surface area (Å²) >= 11 is 7.42. The summed E-state index contributed by atoms with van der Waals surface area (Å²) in [5.41, 5.74) is 1.67. The Morgan fingerprint density at radius 1 is 1.28 bits per heavy atom. The highest BCUT2D eigenvalue weighted by Crippen LogP contribution is 2.34. The number of aromatic nitrogens is 1. The summed E-state index contributed by atoms with van der Waals surface area (Å²) in [5, 5.41) is 13.3. The van der Waals surface area contributed by atoms with Crippen molar-refractivity contribution in [3.05, 3.63) is 34.2 Å². The first-order valence-corrected chi connectivity index (χ1v) is 9.42. The Morgan fingerprint density at radius 3 is 2.68 bits per heavy atom. The van der Waals surface area contributed by atoms with Gasteiger partial charge in [0, 0.05) is 15.5 Å². The molecule has 1 aromatic heterocycles. The highest BCUT2D eigenvalue weighted by atomic mass is 35.5. The number of hydrogen-bond acceptors (Lipinski definition) is 4. The van der Waals surface area contributed by atoms with Crippen molar-refractivity contribution in [1.82, 2.24) is 4.98 Å². The van der Waals surface area contributed by atoms with Crippen molar-refractivity contribution in [2.24, 2.45) is 11.8 Å². The topological polar surface area (TPSA) is 79.3 Å². The number of benzene rings is 1. The van der Waals surface area contributed by atoms with E-state index >= 15 is 0 Å². The van der Waals surface area contributed by atoms with Crippen LogP contribution in [0.25, 0.3) is 11.3 Å². The number of aryl methyl sites for hydroxylation is 1. The molecule has 1 amide bonds. The third-order valence-corrected chi connectivity index (χ3v) is 5.67. The van der Waals surface area contributed by atoms with Gasteiger partial charge < -0.3 is 10.4 Å². The quantitative estimate of drug-likeness (QED) is 0.814. The van der Waals surface area contributed by atoms with E-state index < -0.39 is 17.8 Å². The van der Waals surface area contributed by atoms with Crippen molar-refractivity contribution in [3.8, 4) is 11.3 Å². The van der Waals surface area contributed by atoms with E-state index in [9.17, 15) is 14.7 Å². The number of aliphatic carboxylic acids is 1. The van der Waals surface area contributed by atoms with Gasteiger partial charge in [-0.2, -0.15) is 0 Å². The van der Waals surface area contributed by atoms with Gasteiger partial charge in [-0.05, 0) is 31.9 Å². The fourth-order valence-corrected chi connectivity index (χ4v) is 4.32. The molecule has 1 aromatic carbocycles. The molecule has 2 N–H and O–H groups in total. The van der Waals surface area contributed by atoms with E-state index in [0.29, 0.717) is 23.0 Å². The molecule has 25 heavy (non-hydrogen) atoms. The number of carbonyl (C=O) groups excluding carboxylic acids is 1. The first-order chi connectivity index (χ1) is 12.0. The van der Waals surface area contributed by atoms with Crippen LogP contribution in [0, 0.1) is 18.8 Å². The third-order valence-electron chi connectivity index (χ3n) is 4.54. The summed E-state index contributed by atoms with van der Waals surface area (Å²) in [6.07, 6.45) is 2.90. The number of halogens is 1. The number of nitrogens with one attached hydrogen (secondary N) is 1. The molecule has 0 aliphatic heterocycles. The van der Waals surface area contributed by atoms with Gasteiger partial charge in [-0.25, -0.2) is 4.98 Å². The normalized spacial score (nSPS) is 20.2. The molecule has 1 aliphatic rings. The fourth-order valence-electron chi connectivity index (χ4n) is 3.29. The van der Waals surface area contributed by atoms with Gasteiger partial charge in [0.15, 0.2) is 5.13 Å². The minimum absolute atomic E-state index is 0.251. The van der Waals surface area contributed by atoms with Crippen LogP contribution in [0.1, 0.15) is 30.6 Å². The monoisotopic (exact) mass is 378 g/mol. The second kappa shape index (κ2) is 7.54. The van der Waals surface area contributed by atoms with Crippen LogP contribution in [-0.2, 0) is 9.59 Å². The molecule has 1 heterocycles. The van der Waals surface area contributed by atoms with Crippen molar-refractivity contribution >= 4 is 39.9 Å². The van der Waals surface area contributed by atoms with Gasteiger partial charge in [0.05, 0.1) is 17.5 Å². The van der Waals surface area contributed by atoms with Crippen molar-refractivity contribution in [1.29, 1.82) is 0 Å². The summed E-state index contributed by atoms with van der Waals surface area (Å²) < 4.78 is 0. The average molecular weight is 379 g/mol. The Hall–Kier alpha value is -1.92. The lowest BCUT2D eigenvalue weighted by Crippen LogP contribution is -2.36. The van der Waals surface area contributed by atoms with Crippen molar-refractivity contribution < 1.29 is 14.7 Å². The SMILES string of the molecule is Cc1sc(NC(=O)C2CCCCC2C(=O)O)nc1-c1cccc(Cl)c1. The van der Waals surface area contributed by atoms with Crippen LogP contribution in [0.3, 0.4) is 0 Å². The largest absolute Gasteiger partial charge is 0.481 e. The summed E-state index contributed by atoms with van der Waals surface area (Å²) in [6.45, 7) is 1.93. The minimum Gasteiger partial charge on any atom is -0.481 e. The zero-order valence-corrected chi connectivity index (χ0v) is 15.4. The molecular weight excluding hydrogens is 360 g/mol. The highest BCUT2D eigenvalue weighted by molar-refractivity contribution is 7.16. The molecule has 3 rings (SSSR count). The summed E-state index contributed by atoms with van der Waals surface area (Å²) in [6, 6.07) is 7.40. The number of thiazole rings is 1. The molecule has 132 valence electrons. The lowest BCUT2D eigenvalue weighted by Gasteiger charge is -2.26. The Balaban J connectivity index is 1.78. The van der Waals surface area contributed by atoms with Gasteiger partial charge >= 0.3 is 5.97 Å². The molecule has 1 saturated carbocycles. The first kappa shape index (κ1) is 17.9. The molecule has 0 radical (unpaired) electrons. The molecule has 7 heteroatoms. The van der Waals surface area contributed by atoms with Crippen LogP contribution in [0.4, 0.5) is 5.13 Å². The zero-order chi connectivity index (χ0) is 18.0. The number of nitrogens with zero attached hydrogens (tertiary/aromatic N) is 1. The van der Waals surface area contributed by atoms with Gasteiger partial charge in [-0.15, -0.1) is 11.3 Å². The smallest absolute Gasteiger partial charge is 0.307 e. The van der Waals surface area contributed by atoms with Crippen molar-refractivity contribution in [2.75, 3.05) is 5.32 Å². The molecular formula is C18H19ClN2O3S. The third kappa shape index (κ3) is 4.02. The van der Waals surface area contributed by atoms with E-state index in [1.807, 2.05) is 25.1 Å². The van der Waals surface area contributed by atoms with E-state index in [0.717, 1.165) is 29.0 Å². The van der Waals surface area contributed by atoms with Gasteiger partial charge in [-0.1, -0.05) is 36.6 Å². The van der Waals surface area contributed by atoms with Crippen LogP contribution in [-0.4, -0.2) is 22.0 Å². The summed E-state index contributed by atoms with van der Waals surface area (Å²) in [5.74, 6) is -2.25. The van der Waals surface area contributed by atoms with Gasteiger partial charge in [-0.3, -0.25) is 9.59 Å². The number of carboxylic acid groups (broad SMARTS) is 1. The van der Waals surface area contributed by atoms with Crippen molar-refractivity contribution in [2.45, 2.75) is 32.6 Å². The molecule has 2 aromatic rings. The number of rotatable bonds is 4. The van der Waals surface area contributed by atoms with Gasteiger partial charge in [0.1, 0.15) is 0 Å². The van der Waals surface area contributed by atoms with E-state index in [4.69, 9.17) is 11.6 Å². The molecule has 0 spiro atoms. The van der Waals surface area contributed by atoms with E-state index in [2.05, 4.69) is 10.3 Å². The first-order valence-electron chi connectivity index (χ1n) is 8.22.